The quantitative estimate of drug-likeness (QED) is 0.840. The lowest BCUT2D eigenvalue weighted by Crippen LogP contribution is -2.58. The first kappa shape index (κ1) is 16.3. The van der Waals surface area contributed by atoms with Crippen LogP contribution >= 0.6 is 0 Å². The molecule has 1 fully saturated rings. The molecule has 3 nitrogen and oxygen atoms in total. The van der Waals surface area contributed by atoms with Gasteiger partial charge in [0.2, 0.25) is 5.91 Å². The van der Waals surface area contributed by atoms with Crippen LogP contribution in [-0.4, -0.2) is 41.7 Å². The number of alkyl halides is 3. The molecule has 0 aromatic heterocycles. The number of hydrogen-bond donors (Lipinski definition) is 1. The Hall–Kier alpha value is -0.780. The van der Waals surface area contributed by atoms with Gasteiger partial charge in [-0.2, -0.15) is 13.2 Å². The molecule has 6 heteroatoms. The molecule has 0 aliphatic carbocycles. The number of hydrogen-bond acceptors (Lipinski definition) is 2. The van der Waals surface area contributed by atoms with E-state index in [9.17, 15) is 18.0 Å². The van der Waals surface area contributed by atoms with Crippen LogP contribution in [0.15, 0.2) is 0 Å². The number of rotatable bonds is 5. The second-order valence-electron chi connectivity index (χ2n) is 5.50. The van der Waals surface area contributed by atoms with Gasteiger partial charge >= 0.3 is 6.18 Å². The zero-order chi connectivity index (χ0) is 14.7. The Bertz CT molecular complexity index is 310. The first-order valence-electron chi connectivity index (χ1n) is 6.85. The summed E-state index contributed by atoms with van der Waals surface area (Å²) >= 11 is 0. The average molecular weight is 280 g/mol. The van der Waals surface area contributed by atoms with Gasteiger partial charge in [0.25, 0.3) is 0 Å². The molecule has 1 aliphatic rings. The first-order valence-corrected chi connectivity index (χ1v) is 6.85. The molecule has 1 amide bonds. The van der Waals surface area contributed by atoms with E-state index in [1.165, 1.54) is 0 Å². The predicted octanol–water partition coefficient (Wildman–Crippen LogP) is 2.71. The van der Waals surface area contributed by atoms with Gasteiger partial charge in [-0.1, -0.05) is 13.3 Å². The largest absolute Gasteiger partial charge is 0.406 e. The van der Waals surface area contributed by atoms with E-state index in [0.29, 0.717) is 19.4 Å². The van der Waals surface area contributed by atoms with Crippen molar-refractivity contribution in [3.8, 4) is 0 Å². The van der Waals surface area contributed by atoms with Crippen molar-refractivity contribution in [1.29, 1.82) is 0 Å². The summed E-state index contributed by atoms with van der Waals surface area (Å²) < 4.78 is 37.8. The standard InChI is InChI=1S/C13H23F3N2O/c1-4-6-12(7-5-8-17-12)11(19)18(10(2)3)9-13(14,15)16/h10,17H,4-9H2,1-3H3. The van der Waals surface area contributed by atoms with Gasteiger partial charge < -0.3 is 10.2 Å². The molecule has 112 valence electrons. The summed E-state index contributed by atoms with van der Waals surface area (Å²) in [5.74, 6) is -0.404. The molecule has 0 aromatic carbocycles. The Labute approximate surface area is 112 Å². The third-order valence-corrected chi connectivity index (χ3v) is 3.56. The van der Waals surface area contributed by atoms with Crippen molar-refractivity contribution in [1.82, 2.24) is 10.2 Å². The molecule has 0 bridgehead atoms. The molecule has 1 rings (SSSR count). The second kappa shape index (κ2) is 6.11. The van der Waals surface area contributed by atoms with Crippen LogP contribution in [0.5, 0.6) is 0 Å². The van der Waals surface area contributed by atoms with E-state index < -0.39 is 30.2 Å². The van der Waals surface area contributed by atoms with Crippen LogP contribution in [0, 0.1) is 0 Å². The van der Waals surface area contributed by atoms with Gasteiger partial charge in [0.05, 0.1) is 5.54 Å². The first-order chi connectivity index (χ1) is 8.72. The van der Waals surface area contributed by atoms with Crippen molar-refractivity contribution in [3.05, 3.63) is 0 Å². The highest BCUT2D eigenvalue weighted by Gasteiger charge is 2.45. The molecule has 0 spiro atoms. The number of carbonyl (C=O) groups excluding carboxylic acids is 1. The topological polar surface area (TPSA) is 32.3 Å². The van der Waals surface area contributed by atoms with Crippen molar-refractivity contribution >= 4 is 5.91 Å². The molecule has 1 N–H and O–H groups in total. The van der Waals surface area contributed by atoms with E-state index >= 15 is 0 Å². The van der Waals surface area contributed by atoms with E-state index in [0.717, 1.165) is 17.7 Å². The lowest BCUT2D eigenvalue weighted by atomic mass is 9.89. The summed E-state index contributed by atoms with van der Waals surface area (Å²) in [7, 11) is 0. The highest BCUT2D eigenvalue weighted by atomic mass is 19.4. The maximum atomic E-state index is 12.6. The zero-order valence-corrected chi connectivity index (χ0v) is 11.8. The van der Waals surface area contributed by atoms with Crippen molar-refractivity contribution in [3.63, 3.8) is 0 Å². The molecule has 0 saturated carbocycles. The summed E-state index contributed by atoms with van der Waals surface area (Å²) in [4.78, 5) is 13.5. The van der Waals surface area contributed by atoms with E-state index in [1.54, 1.807) is 13.8 Å². The smallest absolute Gasteiger partial charge is 0.330 e. The Morgan fingerprint density at radius 1 is 1.42 bits per heavy atom. The molecule has 19 heavy (non-hydrogen) atoms. The third kappa shape index (κ3) is 4.09. The van der Waals surface area contributed by atoms with Crippen LogP contribution < -0.4 is 5.32 Å². The van der Waals surface area contributed by atoms with E-state index in [4.69, 9.17) is 0 Å². The van der Waals surface area contributed by atoms with Crippen LogP contribution in [0.1, 0.15) is 46.5 Å². The van der Waals surface area contributed by atoms with Crippen molar-refractivity contribution in [2.24, 2.45) is 0 Å². The summed E-state index contributed by atoms with van der Waals surface area (Å²) in [6, 6.07) is -0.453. The fraction of sp³-hybridized carbons (Fsp3) is 0.923. The van der Waals surface area contributed by atoms with E-state index in [-0.39, 0.29) is 0 Å². The van der Waals surface area contributed by atoms with E-state index in [1.807, 2.05) is 6.92 Å². The molecular weight excluding hydrogens is 257 g/mol. The van der Waals surface area contributed by atoms with Gasteiger partial charge in [0, 0.05) is 6.04 Å². The Kier molecular flexibility index (Phi) is 5.24. The summed E-state index contributed by atoms with van der Waals surface area (Å²) in [6.45, 7) is 4.72. The normalized spacial score (nSPS) is 23.9. The lowest BCUT2D eigenvalue weighted by molar-refractivity contribution is -0.168. The minimum absolute atomic E-state index is 0.404. The highest BCUT2D eigenvalue weighted by Crippen LogP contribution is 2.29. The fourth-order valence-corrected chi connectivity index (χ4v) is 2.69. The van der Waals surface area contributed by atoms with Crippen LogP contribution in [0.2, 0.25) is 0 Å². The van der Waals surface area contributed by atoms with Crippen LogP contribution in [-0.2, 0) is 4.79 Å². The number of nitrogens with zero attached hydrogens (tertiary/aromatic N) is 1. The molecule has 1 atom stereocenters. The van der Waals surface area contributed by atoms with Crippen molar-refractivity contribution in [2.45, 2.75) is 64.2 Å². The predicted molar refractivity (Wildman–Crippen MR) is 67.8 cm³/mol. The Morgan fingerprint density at radius 3 is 2.42 bits per heavy atom. The van der Waals surface area contributed by atoms with Gasteiger partial charge in [-0.15, -0.1) is 0 Å². The summed E-state index contributed by atoms with van der Waals surface area (Å²) in [5.41, 5.74) is -0.787. The third-order valence-electron chi connectivity index (χ3n) is 3.56. The molecule has 1 heterocycles. The minimum Gasteiger partial charge on any atom is -0.330 e. The SMILES string of the molecule is CCCC1(C(=O)N(CC(F)(F)F)C(C)C)CCCN1. The fourth-order valence-electron chi connectivity index (χ4n) is 2.69. The molecule has 1 saturated heterocycles. The maximum absolute atomic E-state index is 12.6. The summed E-state index contributed by atoms with van der Waals surface area (Å²) in [6.07, 6.45) is -1.53. The van der Waals surface area contributed by atoms with Crippen molar-refractivity contribution in [2.75, 3.05) is 13.1 Å². The van der Waals surface area contributed by atoms with E-state index in [2.05, 4.69) is 5.32 Å². The lowest BCUT2D eigenvalue weighted by Gasteiger charge is -2.37. The number of nitrogens with one attached hydrogen (secondary N) is 1. The number of carbonyl (C=O) groups is 1. The second-order valence-corrected chi connectivity index (χ2v) is 5.50. The van der Waals surface area contributed by atoms with Crippen LogP contribution in [0.4, 0.5) is 13.2 Å². The van der Waals surface area contributed by atoms with Gasteiger partial charge in [-0.05, 0) is 39.7 Å². The highest BCUT2D eigenvalue weighted by molar-refractivity contribution is 5.87. The zero-order valence-electron chi connectivity index (χ0n) is 11.8. The average Bonchev–Trinajstić information content (AvgIpc) is 2.74. The number of amides is 1. The monoisotopic (exact) mass is 280 g/mol. The molecule has 0 aromatic rings. The maximum Gasteiger partial charge on any atom is 0.406 e. The molecule has 1 unspecified atom stereocenters. The minimum atomic E-state index is -4.36. The molecule has 1 aliphatic heterocycles. The van der Waals surface area contributed by atoms with Gasteiger partial charge in [-0.25, -0.2) is 0 Å². The molecule has 0 radical (unpaired) electrons. The van der Waals surface area contributed by atoms with Crippen LogP contribution in [0.25, 0.3) is 0 Å². The Balaban J connectivity index is 2.91. The van der Waals surface area contributed by atoms with Gasteiger partial charge in [-0.3, -0.25) is 4.79 Å². The van der Waals surface area contributed by atoms with Gasteiger partial charge in [0.1, 0.15) is 6.54 Å². The van der Waals surface area contributed by atoms with Crippen molar-refractivity contribution < 1.29 is 18.0 Å². The Morgan fingerprint density at radius 2 is 2.05 bits per heavy atom. The van der Waals surface area contributed by atoms with Crippen LogP contribution in [0.3, 0.4) is 0 Å². The van der Waals surface area contributed by atoms with Gasteiger partial charge in [0.15, 0.2) is 0 Å². The number of halogens is 3. The summed E-state index contributed by atoms with van der Waals surface area (Å²) in [5, 5.41) is 3.13. The molecular formula is C13H23F3N2O.